The fourth-order valence-electron chi connectivity index (χ4n) is 2.67. The lowest BCUT2D eigenvalue weighted by Crippen LogP contribution is -2.41. The summed E-state index contributed by atoms with van der Waals surface area (Å²) >= 11 is 0. The van der Waals surface area contributed by atoms with Crippen molar-refractivity contribution in [3.8, 4) is 11.1 Å². The number of carbonyl (C=O) groups excluding carboxylic acids is 1. The quantitative estimate of drug-likeness (QED) is 0.577. The fourth-order valence-corrected chi connectivity index (χ4v) is 2.67. The average Bonchev–Trinajstić information content (AvgIpc) is 2.64. The maximum absolute atomic E-state index is 10.8. The second kappa shape index (κ2) is 9.71. The summed E-state index contributed by atoms with van der Waals surface area (Å²) in [6, 6.07) is 17.7. The van der Waals surface area contributed by atoms with Crippen LogP contribution in [0.5, 0.6) is 0 Å². The molecular weight excluding hydrogens is 316 g/mol. The number of carboxylic acids is 1. The molecule has 2 unspecified atom stereocenters. The third-order valence-electron chi connectivity index (χ3n) is 4.07. The highest BCUT2D eigenvalue weighted by Gasteiger charge is 2.13. The molecule has 2 rings (SSSR count). The van der Waals surface area contributed by atoms with Gasteiger partial charge in [-0.05, 0) is 29.5 Å². The predicted octanol–water partition coefficient (Wildman–Crippen LogP) is 2.25. The predicted molar refractivity (Wildman–Crippen MR) is 98.3 cm³/mol. The van der Waals surface area contributed by atoms with E-state index in [4.69, 9.17) is 10.8 Å². The summed E-state index contributed by atoms with van der Waals surface area (Å²) in [6.07, 6.45) is 1.95. The molecule has 0 aliphatic rings. The molecular formula is C20H24N2O3. The smallest absolute Gasteiger partial charge is 0.303 e. The molecule has 2 aromatic carbocycles. The van der Waals surface area contributed by atoms with Gasteiger partial charge < -0.3 is 21.0 Å². The summed E-state index contributed by atoms with van der Waals surface area (Å²) in [5, 5.41) is 12.1. The van der Waals surface area contributed by atoms with Gasteiger partial charge in [0.25, 0.3) is 0 Å². The zero-order valence-corrected chi connectivity index (χ0v) is 14.1. The summed E-state index contributed by atoms with van der Waals surface area (Å²) in [6.45, 7) is 0.343. The van der Waals surface area contributed by atoms with E-state index in [9.17, 15) is 9.59 Å². The Labute approximate surface area is 147 Å². The summed E-state index contributed by atoms with van der Waals surface area (Å²) < 4.78 is 0. The van der Waals surface area contributed by atoms with Gasteiger partial charge in [-0.3, -0.25) is 4.79 Å². The van der Waals surface area contributed by atoms with Crippen molar-refractivity contribution in [2.24, 2.45) is 5.73 Å². The molecule has 5 nitrogen and oxygen atoms in total. The summed E-state index contributed by atoms with van der Waals surface area (Å²) in [5.74, 6) is -0.828. The largest absolute Gasteiger partial charge is 0.481 e. The van der Waals surface area contributed by atoms with Crippen LogP contribution in [0, 0.1) is 0 Å². The Balaban J connectivity index is 2.01. The van der Waals surface area contributed by atoms with Gasteiger partial charge >= 0.3 is 5.97 Å². The first-order valence-electron chi connectivity index (χ1n) is 8.39. The molecule has 0 aliphatic carbocycles. The van der Waals surface area contributed by atoms with Gasteiger partial charge in [-0.1, -0.05) is 54.6 Å². The van der Waals surface area contributed by atoms with E-state index in [1.807, 2.05) is 18.2 Å². The molecule has 0 aliphatic heterocycles. The first kappa shape index (κ1) is 18.8. The molecule has 0 amide bonds. The number of aldehydes is 1. The zero-order chi connectivity index (χ0) is 18.1. The minimum absolute atomic E-state index is 0.0373. The molecule has 132 valence electrons. The molecule has 0 fully saturated rings. The SMILES string of the molecule is NC(C=O)CNC(CCC(=O)O)Cc1ccc(-c2ccccc2)cc1. The van der Waals surface area contributed by atoms with Gasteiger partial charge in [-0.2, -0.15) is 0 Å². The van der Waals surface area contributed by atoms with Crippen LogP contribution in [0.15, 0.2) is 54.6 Å². The lowest BCUT2D eigenvalue weighted by Gasteiger charge is -2.19. The molecule has 0 saturated heterocycles. The Morgan fingerprint density at radius 2 is 1.72 bits per heavy atom. The third-order valence-corrected chi connectivity index (χ3v) is 4.07. The van der Waals surface area contributed by atoms with Crippen molar-refractivity contribution < 1.29 is 14.7 Å². The maximum atomic E-state index is 10.8. The monoisotopic (exact) mass is 340 g/mol. The fraction of sp³-hybridized carbons (Fsp3) is 0.300. The summed E-state index contributed by atoms with van der Waals surface area (Å²) in [7, 11) is 0. The van der Waals surface area contributed by atoms with Gasteiger partial charge in [-0.15, -0.1) is 0 Å². The Morgan fingerprint density at radius 1 is 1.08 bits per heavy atom. The van der Waals surface area contributed by atoms with Gasteiger partial charge in [0.1, 0.15) is 6.29 Å². The highest BCUT2D eigenvalue weighted by molar-refractivity contribution is 5.66. The van der Waals surface area contributed by atoms with Crippen LogP contribution >= 0.6 is 0 Å². The molecule has 0 spiro atoms. The molecule has 2 atom stereocenters. The molecule has 0 aromatic heterocycles. The van der Waals surface area contributed by atoms with Crippen molar-refractivity contribution >= 4 is 12.3 Å². The van der Waals surface area contributed by atoms with Crippen LogP contribution in [0.2, 0.25) is 0 Å². The minimum Gasteiger partial charge on any atom is -0.481 e. The van der Waals surface area contributed by atoms with Gasteiger partial charge in [-0.25, -0.2) is 0 Å². The molecule has 0 heterocycles. The highest BCUT2D eigenvalue weighted by atomic mass is 16.4. The van der Waals surface area contributed by atoms with Gasteiger partial charge in [0.15, 0.2) is 0 Å². The first-order chi connectivity index (χ1) is 12.1. The Morgan fingerprint density at radius 3 is 2.32 bits per heavy atom. The number of nitrogens with one attached hydrogen (secondary N) is 1. The summed E-state index contributed by atoms with van der Waals surface area (Å²) in [4.78, 5) is 21.5. The van der Waals surface area contributed by atoms with Crippen LogP contribution in [0.3, 0.4) is 0 Å². The number of hydrogen-bond donors (Lipinski definition) is 3. The van der Waals surface area contributed by atoms with E-state index < -0.39 is 12.0 Å². The molecule has 25 heavy (non-hydrogen) atoms. The van der Waals surface area contributed by atoms with Gasteiger partial charge in [0.2, 0.25) is 0 Å². The lowest BCUT2D eigenvalue weighted by molar-refractivity contribution is -0.137. The topological polar surface area (TPSA) is 92.4 Å². The van der Waals surface area contributed by atoms with Crippen LogP contribution in [-0.2, 0) is 16.0 Å². The van der Waals surface area contributed by atoms with Crippen molar-refractivity contribution in [3.63, 3.8) is 0 Å². The molecule has 5 heteroatoms. The van der Waals surface area contributed by atoms with E-state index in [1.54, 1.807) is 0 Å². The van der Waals surface area contributed by atoms with Crippen LogP contribution < -0.4 is 11.1 Å². The number of aliphatic carboxylic acids is 1. The van der Waals surface area contributed by atoms with Crippen LogP contribution in [0.4, 0.5) is 0 Å². The second-order valence-corrected chi connectivity index (χ2v) is 6.10. The zero-order valence-electron chi connectivity index (χ0n) is 14.1. The molecule has 0 radical (unpaired) electrons. The van der Waals surface area contributed by atoms with E-state index >= 15 is 0 Å². The van der Waals surface area contributed by atoms with Crippen molar-refractivity contribution in [2.45, 2.75) is 31.3 Å². The van der Waals surface area contributed by atoms with Crippen molar-refractivity contribution in [3.05, 3.63) is 60.2 Å². The van der Waals surface area contributed by atoms with Crippen LogP contribution in [0.1, 0.15) is 18.4 Å². The van der Waals surface area contributed by atoms with Crippen molar-refractivity contribution in [1.29, 1.82) is 0 Å². The molecule has 2 aromatic rings. The molecule has 4 N–H and O–H groups in total. The van der Waals surface area contributed by atoms with E-state index in [1.165, 1.54) is 0 Å². The standard InChI is InChI=1S/C20H24N2O3/c21-18(14-23)13-22-19(10-11-20(24)25)12-15-6-8-17(9-7-15)16-4-2-1-3-5-16/h1-9,14,18-19,22H,10-13,21H2,(H,24,25). The van der Waals surface area contributed by atoms with Gasteiger partial charge in [0, 0.05) is 19.0 Å². The van der Waals surface area contributed by atoms with E-state index in [0.29, 0.717) is 25.7 Å². The van der Waals surface area contributed by atoms with Crippen LogP contribution in [0.25, 0.3) is 11.1 Å². The number of hydrogen-bond acceptors (Lipinski definition) is 4. The summed E-state index contributed by atoms with van der Waals surface area (Å²) in [5.41, 5.74) is 9.02. The van der Waals surface area contributed by atoms with Crippen LogP contribution in [-0.4, -0.2) is 36.0 Å². The Kier molecular flexibility index (Phi) is 7.32. The van der Waals surface area contributed by atoms with E-state index in [0.717, 1.165) is 16.7 Å². The highest BCUT2D eigenvalue weighted by Crippen LogP contribution is 2.20. The van der Waals surface area contributed by atoms with Gasteiger partial charge in [0.05, 0.1) is 6.04 Å². The average molecular weight is 340 g/mol. The van der Waals surface area contributed by atoms with Crippen molar-refractivity contribution in [1.82, 2.24) is 5.32 Å². The normalized spacial score (nSPS) is 13.2. The number of nitrogens with two attached hydrogens (primary N) is 1. The lowest BCUT2D eigenvalue weighted by atomic mass is 9.98. The van der Waals surface area contributed by atoms with E-state index in [2.05, 4.69) is 41.7 Å². The van der Waals surface area contributed by atoms with E-state index in [-0.39, 0.29) is 12.5 Å². The van der Waals surface area contributed by atoms with Crippen molar-refractivity contribution in [2.75, 3.05) is 6.54 Å². The minimum atomic E-state index is -0.828. The molecule has 0 bridgehead atoms. The Bertz CT molecular complexity index is 671. The number of rotatable bonds is 10. The number of carboxylic acid groups (broad SMARTS) is 1. The second-order valence-electron chi connectivity index (χ2n) is 6.10. The maximum Gasteiger partial charge on any atom is 0.303 e. The third kappa shape index (κ3) is 6.49. The molecule has 0 saturated carbocycles. The Hall–Kier alpha value is -2.50. The number of benzene rings is 2. The number of carbonyl (C=O) groups is 2. The first-order valence-corrected chi connectivity index (χ1v) is 8.39.